The van der Waals surface area contributed by atoms with E-state index in [9.17, 15) is 9.59 Å². The number of H-pyrrole nitrogens is 1. The number of fused-ring (bicyclic) bond motifs is 1. The van der Waals surface area contributed by atoms with E-state index in [-0.39, 0.29) is 11.8 Å². The van der Waals surface area contributed by atoms with Crippen molar-refractivity contribution < 1.29 is 14.3 Å². The Kier molecular flexibility index (Phi) is 7.83. The second kappa shape index (κ2) is 12.0. The molecule has 1 aliphatic rings. The van der Waals surface area contributed by atoms with Crippen LogP contribution in [0.2, 0.25) is 0 Å². The van der Waals surface area contributed by atoms with Crippen LogP contribution in [0.4, 0.5) is 0 Å². The van der Waals surface area contributed by atoms with Crippen LogP contribution in [0.1, 0.15) is 66.2 Å². The fourth-order valence-electron chi connectivity index (χ4n) is 5.84. The highest BCUT2D eigenvalue weighted by Gasteiger charge is 2.44. The SMILES string of the molecule is CCCCc1nc2c(n1-c1ccc(-c3ccccc3-c3nn[nH]n3)cc1)C(C(=O)OC)N(C(=O)c1ccccc1)CC2C. The summed E-state index contributed by atoms with van der Waals surface area (Å²) in [5.41, 5.74) is 5.69. The van der Waals surface area contributed by atoms with Gasteiger partial charge in [0.1, 0.15) is 5.82 Å². The standard InChI is InChI=1S/C33H33N7O3/c1-4-5-15-27-34-28-21(2)20-39(32(41)23-11-7-6-8-12-23)30(33(42)43-3)29(28)40(27)24-18-16-22(17-19-24)25-13-9-10-14-26(25)31-35-37-38-36-31/h6-14,16-19,21,30H,4-5,15,20H2,1-3H3,(H,35,36,37,38). The number of hydrogen-bond donors (Lipinski definition) is 1. The molecule has 10 nitrogen and oxygen atoms in total. The van der Waals surface area contributed by atoms with Crippen molar-refractivity contribution in [3.63, 3.8) is 0 Å². The molecule has 3 aromatic carbocycles. The number of nitrogens with zero attached hydrogens (tertiary/aromatic N) is 6. The van der Waals surface area contributed by atoms with Crippen molar-refractivity contribution in [3.8, 4) is 28.2 Å². The second-order valence-electron chi connectivity index (χ2n) is 10.7. The molecular weight excluding hydrogens is 542 g/mol. The Balaban J connectivity index is 1.48. The summed E-state index contributed by atoms with van der Waals surface area (Å²) in [7, 11) is 1.36. The smallest absolute Gasteiger partial charge is 0.334 e. The van der Waals surface area contributed by atoms with E-state index in [1.165, 1.54) is 7.11 Å². The van der Waals surface area contributed by atoms with Gasteiger partial charge in [-0.25, -0.2) is 9.78 Å². The summed E-state index contributed by atoms with van der Waals surface area (Å²) in [6, 6.07) is 24.1. The summed E-state index contributed by atoms with van der Waals surface area (Å²) in [5.74, 6) is 0.590. The number of aromatic nitrogens is 6. The first-order valence-corrected chi connectivity index (χ1v) is 14.5. The van der Waals surface area contributed by atoms with Crippen LogP contribution in [0.3, 0.4) is 0 Å². The van der Waals surface area contributed by atoms with Crippen LogP contribution in [-0.4, -0.2) is 60.6 Å². The Morgan fingerprint density at radius 3 is 2.37 bits per heavy atom. The summed E-state index contributed by atoms with van der Waals surface area (Å²) >= 11 is 0. The monoisotopic (exact) mass is 575 g/mol. The lowest BCUT2D eigenvalue weighted by molar-refractivity contribution is -0.147. The van der Waals surface area contributed by atoms with E-state index < -0.39 is 12.0 Å². The van der Waals surface area contributed by atoms with Gasteiger partial charge in [-0.1, -0.05) is 74.9 Å². The third-order valence-electron chi connectivity index (χ3n) is 7.93. The molecule has 0 spiro atoms. The summed E-state index contributed by atoms with van der Waals surface area (Å²) in [5, 5.41) is 14.6. The number of imidazole rings is 1. The summed E-state index contributed by atoms with van der Waals surface area (Å²) in [6.07, 6.45) is 2.67. The maximum absolute atomic E-state index is 13.8. The van der Waals surface area contributed by atoms with Gasteiger partial charge >= 0.3 is 5.97 Å². The molecule has 2 atom stereocenters. The molecular formula is C33H33N7O3. The Morgan fingerprint density at radius 1 is 0.977 bits per heavy atom. The largest absolute Gasteiger partial charge is 0.467 e. The lowest BCUT2D eigenvalue weighted by Crippen LogP contribution is -2.45. The molecule has 2 aromatic heterocycles. The van der Waals surface area contributed by atoms with Crippen LogP contribution in [0, 0.1) is 0 Å². The van der Waals surface area contributed by atoms with Gasteiger partial charge < -0.3 is 9.64 Å². The Morgan fingerprint density at radius 2 is 1.70 bits per heavy atom. The lowest BCUT2D eigenvalue weighted by Gasteiger charge is -2.37. The number of aryl methyl sites for hydroxylation is 1. The van der Waals surface area contributed by atoms with Gasteiger partial charge in [-0.2, -0.15) is 5.21 Å². The van der Waals surface area contributed by atoms with Crippen LogP contribution in [-0.2, 0) is 16.0 Å². The summed E-state index contributed by atoms with van der Waals surface area (Å²) in [4.78, 5) is 34.0. The van der Waals surface area contributed by atoms with E-state index in [0.29, 0.717) is 23.6 Å². The van der Waals surface area contributed by atoms with E-state index in [4.69, 9.17) is 9.72 Å². The third kappa shape index (κ3) is 5.20. The molecule has 5 aromatic rings. The van der Waals surface area contributed by atoms with Crippen LogP contribution in [0.25, 0.3) is 28.2 Å². The highest BCUT2D eigenvalue weighted by molar-refractivity contribution is 5.97. The quantitative estimate of drug-likeness (QED) is 0.242. The number of carbonyl (C=O) groups excluding carboxylic acids is 2. The van der Waals surface area contributed by atoms with Crippen LogP contribution in [0.5, 0.6) is 0 Å². The van der Waals surface area contributed by atoms with Gasteiger partial charge in [0.05, 0.1) is 18.5 Å². The van der Waals surface area contributed by atoms with Gasteiger partial charge in [0.25, 0.3) is 5.91 Å². The van der Waals surface area contributed by atoms with E-state index in [0.717, 1.165) is 53.2 Å². The molecule has 1 N–H and O–H groups in total. The van der Waals surface area contributed by atoms with Crippen LogP contribution < -0.4 is 0 Å². The van der Waals surface area contributed by atoms with Crippen molar-refractivity contribution in [1.82, 2.24) is 35.1 Å². The number of aromatic amines is 1. The highest BCUT2D eigenvalue weighted by Crippen LogP contribution is 2.40. The van der Waals surface area contributed by atoms with Gasteiger partial charge in [-0.15, -0.1) is 10.2 Å². The molecule has 1 aliphatic heterocycles. The minimum absolute atomic E-state index is 0.0775. The van der Waals surface area contributed by atoms with Gasteiger partial charge in [0.15, 0.2) is 6.04 Å². The third-order valence-corrected chi connectivity index (χ3v) is 7.93. The molecule has 6 rings (SSSR count). The first kappa shape index (κ1) is 28.0. The topological polar surface area (TPSA) is 119 Å². The van der Waals surface area contributed by atoms with Crippen molar-refractivity contribution >= 4 is 11.9 Å². The van der Waals surface area contributed by atoms with E-state index >= 15 is 0 Å². The number of ether oxygens (including phenoxy) is 1. The zero-order chi connectivity index (χ0) is 29.9. The molecule has 0 aliphatic carbocycles. The first-order chi connectivity index (χ1) is 21.0. The maximum atomic E-state index is 13.8. The number of tetrazole rings is 1. The molecule has 3 heterocycles. The maximum Gasteiger partial charge on any atom is 0.334 e. The summed E-state index contributed by atoms with van der Waals surface area (Å²) in [6.45, 7) is 4.55. The molecule has 0 saturated heterocycles. The molecule has 0 saturated carbocycles. The fraction of sp³-hybridized carbons (Fsp3) is 0.273. The number of amides is 1. The zero-order valence-corrected chi connectivity index (χ0v) is 24.4. The normalized spacial score (nSPS) is 16.1. The molecule has 2 unspecified atom stereocenters. The van der Waals surface area contributed by atoms with Gasteiger partial charge in [0, 0.05) is 35.7 Å². The first-order valence-electron chi connectivity index (χ1n) is 14.5. The fourth-order valence-corrected chi connectivity index (χ4v) is 5.84. The van der Waals surface area contributed by atoms with Gasteiger partial charge in [-0.3, -0.25) is 9.36 Å². The average Bonchev–Trinajstić information content (AvgIpc) is 3.73. The average molecular weight is 576 g/mol. The molecule has 0 radical (unpaired) electrons. The van der Waals surface area contributed by atoms with Crippen molar-refractivity contribution in [2.24, 2.45) is 0 Å². The predicted molar refractivity (Wildman–Crippen MR) is 161 cm³/mol. The number of methoxy groups -OCH3 is 1. The Hall–Kier alpha value is -5.12. The Labute approximate surface area is 249 Å². The number of rotatable bonds is 8. The highest BCUT2D eigenvalue weighted by atomic mass is 16.5. The number of hydrogen-bond acceptors (Lipinski definition) is 7. The zero-order valence-electron chi connectivity index (χ0n) is 24.4. The minimum atomic E-state index is -0.939. The van der Waals surface area contributed by atoms with Gasteiger partial charge in [-0.05, 0) is 47.0 Å². The summed E-state index contributed by atoms with van der Waals surface area (Å²) < 4.78 is 7.37. The van der Waals surface area contributed by atoms with Crippen LogP contribution >= 0.6 is 0 Å². The molecule has 1 amide bonds. The van der Waals surface area contributed by atoms with E-state index in [2.05, 4.69) is 39.0 Å². The molecule has 0 bridgehead atoms. The molecule has 43 heavy (non-hydrogen) atoms. The number of esters is 1. The van der Waals surface area contributed by atoms with Crippen molar-refractivity contribution in [3.05, 3.63) is 102 Å². The number of benzene rings is 3. The van der Waals surface area contributed by atoms with Crippen molar-refractivity contribution in [2.75, 3.05) is 13.7 Å². The van der Waals surface area contributed by atoms with E-state index in [1.54, 1.807) is 17.0 Å². The van der Waals surface area contributed by atoms with Crippen molar-refractivity contribution in [2.45, 2.75) is 45.1 Å². The number of unbranched alkanes of at least 4 members (excludes halogenated alkanes) is 1. The van der Waals surface area contributed by atoms with Crippen molar-refractivity contribution in [1.29, 1.82) is 0 Å². The molecule has 10 heteroatoms. The molecule has 218 valence electrons. The minimum Gasteiger partial charge on any atom is -0.467 e. The number of nitrogens with one attached hydrogen (secondary N) is 1. The number of carbonyl (C=O) groups is 2. The van der Waals surface area contributed by atoms with Gasteiger partial charge in [0.2, 0.25) is 5.82 Å². The Bertz CT molecular complexity index is 1730. The predicted octanol–water partition coefficient (Wildman–Crippen LogP) is 5.54. The molecule has 0 fully saturated rings. The van der Waals surface area contributed by atoms with Crippen LogP contribution in [0.15, 0.2) is 78.9 Å². The van der Waals surface area contributed by atoms with E-state index in [1.807, 2.05) is 66.7 Å². The lowest BCUT2D eigenvalue weighted by atomic mass is 9.93. The second-order valence-corrected chi connectivity index (χ2v) is 10.7.